The van der Waals surface area contributed by atoms with E-state index in [2.05, 4.69) is 15.9 Å². The van der Waals surface area contributed by atoms with E-state index in [0.717, 1.165) is 37.4 Å². The highest BCUT2D eigenvalue weighted by molar-refractivity contribution is 6.01. The number of carbonyl (C=O) groups is 3. The maximum atomic E-state index is 15.3. The molecule has 1 atom stereocenters. The van der Waals surface area contributed by atoms with Gasteiger partial charge >= 0.3 is 5.97 Å². The van der Waals surface area contributed by atoms with Gasteiger partial charge in [-0.15, -0.1) is 0 Å². The number of nitrogens with two attached hydrogens (primary N) is 1. The fourth-order valence-electron chi connectivity index (χ4n) is 6.27. The zero-order chi connectivity index (χ0) is 36.0. The molecule has 3 aromatic rings. The number of fused-ring (bicyclic) bond motifs is 1. The summed E-state index contributed by atoms with van der Waals surface area (Å²) in [5.41, 5.74) is 8.68. The van der Waals surface area contributed by atoms with Gasteiger partial charge in [0.1, 0.15) is 41.6 Å². The van der Waals surface area contributed by atoms with E-state index in [-0.39, 0.29) is 37.7 Å². The number of rotatable bonds is 13. The molecule has 264 valence electrons. The molecule has 1 saturated heterocycles. The van der Waals surface area contributed by atoms with Gasteiger partial charge in [0.15, 0.2) is 0 Å². The van der Waals surface area contributed by atoms with Crippen molar-refractivity contribution in [3.63, 3.8) is 0 Å². The summed E-state index contributed by atoms with van der Waals surface area (Å²) in [5.74, 6) is -0.978. The standard InChI is InChI=1S/C38H44FN5O6/c1-5-48-34-20-28(12-11-26(34)21-40)43-17-15-42(16-18-43)22-25-9-10-27(31(39)19-25)24-49-33-8-6-7-29-30(33)23-44(37(29)47)32(36(41)46)13-14-35(45)50-38(2,3)4/h6-12,19-20,32H,5,13-18,22-24H2,1-4H3,(H2,41,46)/t32-/m0/s1. The van der Waals surface area contributed by atoms with Gasteiger partial charge in [0, 0.05) is 67.6 Å². The lowest BCUT2D eigenvalue weighted by atomic mass is 10.1. The number of ether oxygens (including phenoxy) is 3. The van der Waals surface area contributed by atoms with E-state index in [4.69, 9.17) is 19.9 Å². The van der Waals surface area contributed by atoms with Gasteiger partial charge in [0.05, 0.1) is 18.7 Å². The molecule has 2 amide bonds. The molecule has 12 heteroatoms. The Bertz CT molecular complexity index is 1780. The number of benzene rings is 3. The van der Waals surface area contributed by atoms with E-state index >= 15 is 4.39 Å². The third-order valence-electron chi connectivity index (χ3n) is 8.73. The summed E-state index contributed by atoms with van der Waals surface area (Å²) in [6, 6.07) is 17.0. The Morgan fingerprint density at radius 2 is 1.78 bits per heavy atom. The second-order valence-electron chi connectivity index (χ2n) is 13.5. The highest BCUT2D eigenvalue weighted by Gasteiger charge is 2.37. The maximum Gasteiger partial charge on any atom is 0.306 e. The van der Waals surface area contributed by atoms with Crippen LogP contribution in [0.5, 0.6) is 11.5 Å². The summed E-state index contributed by atoms with van der Waals surface area (Å²) in [7, 11) is 0. The molecule has 1 fully saturated rings. The van der Waals surface area contributed by atoms with E-state index in [1.54, 1.807) is 51.1 Å². The van der Waals surface area contributed by atoms with E-state index in [0.29, 0.717) is 46.9 Å². The van der Waals surface area contributed by atoms with Crippen LogP contribution in [0, 0.1) is 17.1 Å². The number of carbonyl (C=O) groups excluding carboxylic acids is 3. The molecule has 0 spiro atoms. The lowest BCUT2D eigenvalue weighted by Gasteiger charge is -2.36. The molecule has 0 unspecified atom stereocenters. The van der Waals surface area contributed by atoms with E-state index in [1.807, 2.05) is 25.1 Å². The van der Waals surface area contributed by atoms with Crippen LogP contribution in [0.25, 0.3) is 0 Å². The molecule has 0 aromatic heterocycles. The fourth-order valence-corrected chi connectivity index (χ4v) is 6.27. The first-order valence-corrected chi connectivity index (χ1v) is 16.8. The second-order valence-corrected chi connectivity index (χ2v) is 13.5. The summed E-state index contributed by atoms with van der Waals surface area (Å²) in [4.78, 5) is 43.9. The van der Waals surface area contributed by atoms with Gasteiger partial charge in [0.25, 0.3) is 5.91 Å². The average molecular weight is 686 g/mol. The first kappa shape index (κ1) is 36.1. The van der Waals surface area contributed by atoms with Crippen LogP contribution < -0.4 is 20.1 Å². The molecule has 0 radical (unpaired) electrons. The number of hydrogen-bond donors (Lipinski definition) is 1. The van der Waals surface area contributed by atoms with Crippen molar-refractivity contribution in [2.45, 2.75) is 71.9 Å². The molecule has 11 nitrogen and oxygen atoms in total. The van der Waals surface area contributed by atoms with Gasteiger partial charge in [-0.3, -0.25) is 19.3 Å². The van der Waals surface area contributed by atoms with Crippen molar-refractivity contribution < 1.29 is 33.0 Å². The number of esters is 1. The summed E-state index contributed by atoms with van der Waals surface area (Å²) in [6.07, 6.45) is -0.0476. The number of anilines is 1. The number of amides is 2. The predicted octanol–water partition coefficient (Wildman–Crippen LogP) is 4.93. The van der Waals surface area contributed by atoms with Crippen molar-refractivity contribution in [1.82, 2.24) is 9.80 Å². The van der Waals surface area contributed by atoms with Crippen LogP contribution in [0.15, 0.2) is 54.6 Å². The van der Waals surface area contributed by atoms with Gasteiger partial charge in [0.2, 0.25) is 5.91 Å². The minimum absolute atomic E-state index is 0.0276. The van der Waals surface area contributed by atoms with Crippen molar-refractivity contribution in [1.29, 1.82) is 5.26 Å². The number of primary amides is 1. The molecule has 2 aliphatic heterocycles. The van der Waals surface area contributed by atoms with Crippen LogP contribution in [-0.2, 0) is 34.0 Å². The fraction of sp³-hybridized carbons (Fsp3) is 0.421. The lowest BCUT2D eigenvalue weighted by Crippen LogP contribution is -2.46. The van der Waals surface area contributed by atoms with E-state index in [1.165, 1.54) is 11.0 Å². The molecule has 5 rings (SSSR count). The van der Waals surface area contributed by atoms with E-state index < -0.39 is 23.5 Å². The normalized spacial score (nSPS) is 15.3. The highest BCUT2D eigenvalue weighted by atomic mass is 19.1. The Labute approximate surface area is 292 Å². The molecule has 2 aliphatic rings. The zero-order valence-electron chi connectivity index (χ0n) is 29.0. The molecule has 0 saturated carbocycles. The monoisotopic (exact) mass is 685 g/mol. The molecule has 50 heavy (non-hydrogen) atoms. The minimum atomic E-state index is -1.01. The van der Waals surface area contributed by atoms with Gasteiger partial charge in [-0.05, 0) is 70.0 Å². The molecule has 0 bridgehead atoms. The van der Waals surface area contributed by atoms with Gasteiger partial charge in [-0.1, -0.05) is 18.2 Å². The third kappa shape index (κ3) is 8.71. The topological polar surface area (TPSA) is 138 Å². The van der Waals surface area contributed by atoms with Gasteiger partial charge in [-0.25, -0.2) is 4.39 Å². The SMILES string of the molecule is CCOc1cc(N2CCN(Cc3ccc(COc4cccc5c4CN([C@@H](CCC(=O)OC(C)(C)C)C(N)=O)C5=O)c(F)c3)CC2)ccc1C#N. The van der Waals surface area contributed by atoms with Crippen LogP contribution in [0.4, 0.5) is 10.1 Å². The Morgan fingerprint density at radius 3 is 2.44 bits per heavy atom. The number of nitrogens with zero attached hydrogens (tertiary/aromatic N) is 4. The summed E-state index contributed by atoms with van der Waals surface area (Å²) >= 11 is 0. The van der Waals surface area contributed by atoms with Crippen molar-refractivity contribution in [3.05, 3.63) is 88.2 Å². The first-order valence-electron chi connectivity index (χ1n) is 16.8. The number of nitriles is 1. The van der Waals surface area contributed by atoms with Crippen LogP contribution in [0.3, 0.4) is 0 Å². The molecule has 0 aliphatic carbocycles. The van der Waals surface area contributed by atoms with Crippen LogP contribution >= 0.6 is 0 Å². The highest BCUT2D eigenvalue weighted by Crippen LogP contribution is 2.34. The Hall–Kier alpha value is -5.15. The van der Waals surface area contributed by atoms with Crippen LogP contribution in [0.2, 0.25) is 0 Å². The predicted molar refractivity (Wildman–Crippen MR) is 185 cm³/mol. The van der Waals surface area contributed by atoms with Crippen molar-refractivity contribution in [3.8, 4) is 17.6 Å². The molecule has 2 N–H and O–H groups in total. The van der Waals surface area contributed by atoms with Gasteiger partial charge in [-0.2, -0.15) is 5.26 Å². The van der Waals surface area contributed by atoms with Crippen molar-refractivity contribution >= 4 is 23.5 Å². The largest absolute Gasteiger partial charge is 0.492 e. The van der Waals surface area contributed by atoms with E-state index in [9.17, 15) is 19.6 Å². The molecular formula is C38H44FN5O6. The number of piperazine rings is 1. The Balaban J connectivity index is 1.16. The number of hydrogen-bond acceptors (Lipinski definition) is 9. The summed E-state index contributed by atoms with van der Waals surface area (Å²) in [6.45, 7) is 11.4. The minimum Gasteiger partial charge on any atom is -0.492 e. The molecule has 3 aromatic carbocycles. The quantitative estimate of drug-likeness (QED) is 0.248. The maximum absolute atomic E-state index is 15.3. The van der Waals surface area contributed by atoms with Crippen molar-refractivity contribution in [2.24, 2.45) is 5.73 Å². The van der Waals surface area contributed by atoms with Crippen molar-refractivity contribution in [2.75, 3.05) is 37.7 Å². The third-order valence-corrected chi connectivity index (χ3v) is 8.73. The summed E-state index contributed by atoms with van der Waals surface area (Å²) < 4.78 is 32.3. The molecule has 2 heterocycles. The smallest absolute Gasteiger partial charge is 0.306 e. The Kier molecular flexibility index (Phi) is 11.3. The van der Waals surface area contributed by atoms with Crippen LogP contribution in [-0.4, -0.2) is 72.0 Å². The number of halogens is 1. The summed E-state index contributed by atoms with van der Waals surface area (Å²) in [5, 5.41) is 9.35. The van der Waals surface area contributed by atoms with Gasteiger partial charge < -0.3 is 29.7 Å². The first-order chi connectivity index (χ1) is 23.9. The second kappa shape index (κ2) is 15.6. The average Bonchev–Trinajstić information content (AvgIpc) is 3.40. The molecular weight excluding hydrogens is 641 g/mol. The Morgan fingerprint density at radius 1 is 1.02 bits per heavy atom. The lowest BCUT2D eigenvalue weighted by molar-refractivity contribution is -0.155. The zero-order valence-corrected chi connectivity index (χ0v) is 29.0. The van der Waals surface area contributed by atoms with Crippen LogP contribution in [0.1, 0.15) is 73.1 Å².